The maximum atomic E-state index is 12.3. The van der Waals surface area contributed by atoms with Crippen molar-refractivity contribution in [1.82, 2.24) is 4.90 Å². The lowest BCUT2D eigenvalue weighted by atomic mass is 9.90. The van der Waals surface area contributed by atoms with E-state index in [0.717, 1.165) is 18.4 Å². The number of carbonyl (C=O) groups is 1. The number of benzene rings is 1. The fourth-order valence-electron chi connectivity index (χ4n) is 2.69. The van der Waals surface area contributed by atoms with Gasteiger partial charge in [0.05, 0.1) is 0 Å². The van der Waals surface area contributed by atoms with E-state index in [1.165, 1.54) is 0 Å². The van der Waals surface area contributed by atoms with E-state index < -0.39 is 0 Å². The smallest absolute Gasteiger partial charge is 0.410 e. The van der Waals surface area contributed by atoms with Gasteiger partial charge in [0.15, 0.2) is 0 Å². The Kier molecular flexibility index (Phi) is 5.01. The molecule has 1 amide bonds. The van der Waals surface area contributed by atoms with Crippen molar-refractivity contribution in [2.75, 3.05) is 6.54 Å². The Morgan fingerprint density at radius 2 is 2.10 bits per heavy atom. The molecule has 1 aliphatic heterocycles. The second-order valence-electron chi connectivity index (χ2n) is 5.83. The molecule has 1 aromatic rings. The Labute approximate surface area is 120 Å². The van der Waals surface area contributed by atoms with Crippen LogP contribution in [0.15, 0.2) is 30.3 Å². The van der Waals surface area contributed by atoms with Gasteiger partial charge in [0.25, 0.3) is 0 Å². The van der Waals surface area contributed by atoms with E-state index in [1.54, 1.807) is 0 Å². The van der Waals surface area contributed by atoms with Gasteiger partial charge < -0.3 is 15.4 Å². The van der Waals surface area contributed by atoms with Crippen LogP contribution in [0.5, 0.6) is 0 Å². The number of hydrogen-bond acceptors (Lipinski definition) is 3. The van der Waals surface area contributed by atoms with Crippen molar-refractivity contribution in [2.45, 2.75) is 45.4 Å². The average molecular weight is 276 g/mol. The molecule has 1 aromatic carbocycles. The number of likely N-dealkylation sites (tertiary alicyclic amines) is 1. The summed E-state index contributed by atoms with van der Waals surface area (Å²) in [5, 5.41) is 0. The highest BCUT2D eigenvalue weighted by Crippen LogP contribution is 2.23. The molecule has 2 N–H and O–H groups in total. The van der Waals surface area contributed by atoms with Crippen LogP contribution in [0, 0.1) is 5.92 Å². The van der Waals surface area contributed by atoms with Gasteiger partial charge in [-0.1, -0.05) is 44.2 Å². The van der Waals surface area contributed by atoms with E-state index in [4.69, 9.17) is 10.5 Å². The molecule has 0 bridgehead atoms. The molecule has 110 valence electrons. The summed E-state index contributed by atoms with van der Waals surface area (Å²) in [6.07, 6.45) is 1.49. The topological polar surface area (TPSA) is 55.6 Å². The molecule has 4 heteroatoms. The maximum absolute atomic E-state index is 12.3. The number of piperidine rings is 1. The molecule has 4 nitrogen and oxygen atoms in total. The zero-order valence-corrected chi connectivity index (χ0v) is 12.3. The van der Waals surface area contributed by atoms with Crippen molar-refractivity contribution in [3.63, 3.8) is 0 Å². The van der Waals surface area contributed by atoms with Crippen LogP contribution in [0.2, 0.25) is 0 Å². The van der Waals surface area contributed by atoms with E-state index in [1.807, 2.05) is 35.2 Å². The second kappa shape index (κ2) is 6.75. The number of rotatable bonds is 3. The summed E-state index contributed by atoms with van der Waals surface area (Å²) in [5.41, 5.74) is 7.02. The van der Waals surface area contributed by atoms with Crippen LogP contribution >= 0.6 is 0 Å². The van der Waals surface area contributed by atoms with Gasteiger partial charge in [-0.25, -0.2) is 4.79 Å². The van der Waals surface area contributed by atoms with Gasteiger partial charge in [0, 0.05) is 18.6 Å². The number of nitrogens with two attached hydrogens (primary N) is 1. The lowest BCUT2D eigenvalue weighted by molar-refractivity contribution is 0.0523. The Hall–Kier alpha value is -1.55. The molecule has 0 radical (unpaired) electrons. The predicted octanol–water partition coefficient (Wildman–Crippen LogP) is 2.77. The molecule has 20 heavy (non-hydrogen) atoms. The molecule has 1 heterocycles. The first-order valence-electron chi connectivity index (χ1n) is 7.31. The summed E-state index contributed by atoms with van der Waals surface area (Å²) in [5.74, 6) is 0.394. The van der Waals surface area contributed by atoms with Crippen LogP contribution < -0.4 is 5.73 Å². The first kappa shape index (κ1) is 14.9. The summed E-state index contributed by atoms with van der Waals surface area (Å²) in [7, 11) is 0. The second-order valence-corrected chi connectivity index (χ2v) is 5.83. The molecule has 2 rings (SSSR count). The third-order valence-electron chi connectivity index (χ3n) is 3.89. The molecule has 0 aromatic heterocycles. The van der Waals surface area contributed by atoms with Crippen LogP contribution in [0.1, 0.15) is 32.3 Å². The van der Waals surface area contributed by atoms with Crippen LogP contribution in [-0.2, 0) is 11.3 Å². The minimum Gasteiger partial charge on any atom is -0.445 e. The van der Waals surface area contributed by atoms with Crippen LogP contribution in [0.25, 0.3) is 0 Å². The number of carbonyl (C=O) groups excluding carboxylic acids is 1. The molecule has 0 saturated carbocycles. The van der Waals surface area contributed by atoms with E-state index in [9.17, 15) is 4.79 Å². The number of nitrogens with zero attached hydrogens (tertiary/aromatic N) is 1. The zero-order chi connectivity index (χ0) is 14.5. The molecule has 1 fully saturated rings. The lowest BCUT2D eigenvalue weighted by Crippen LogP contribution is -2.51. The highest BCUT2D eigenvalue weighted by atomic mass is 16.6. The standard InChI is InChI=1S/C16H24N2O2/c1-12(2)15-10-14(17)8-9-18(15)16(19)20-11-13-6-4-3-5-7-13/h3-7,12,14-15H,8-11,17H2,1-2H3. The van der Waals surface area contributed by atoms with Gasteiger partial charge in [-0.3, -0.25) is 0 Å². The SMILES string of the molecule is CC(C)C1CC(N)CCN1C(=O)OCc1ccccc1. The number of amides is 1. The Morgan fingerprint density at radius 1 is 1.40 bits per heavy atom. The molecule has 2 unspecified atom stereocenters. The van der Waals surface area contributed by atoms with E-state index in [2.05, 4.69) is 13.8 Å². The highest BCUT2D eigenvalue weighted by Gasteiger charge is 2.32. The maximum Gasteiger partial charge on any atom is 0.410 e. The number of hydrogen-bond donors (Lipinski definition) is 1. The van der Waals surface area contributed by atoms with E-state index >= 15 is 0 Å². The van der Waals surface area contributed by atoms with Crippen molar-refractivity contribution in [2.24, 2.45) is 11.7 Å². The molecule has 0 spiro atoms. The first-order valence-corrected chi connectivity index (χ1v) is 7.31. The van der Waals surface area contributed by atoms with Gasteiger partial charge in [-0.15, -0.1) is 0 Å². The first-order chi connectivity index (χ1) is 9.58. The fraction of sp³-hybridized carbons (Fsp3) is 0.562. The quantitative estimate of drug-likeness (QED) is 0.923. The zero-order valence-electron chi connectivity index (χ0n) is 12.3. The van der Waals surface area contributed by atoms with Crippen molar-refractivity contribution in [1.29, 1.82) is 0 Å². The minimum absolute atomic E-state index is 0.182. The summed E-state index contributed by atoms with van der Waals surface area (Å²) in [4.78, 5) is 14.1. The largest absolute Gasteiger partial charge is 0.445 e. The molecule has 1 saturated heterocycles. The van der Waals surface area contributed by atoms with Crippen molar-refractivity contribution in [3.8, 4) is 0 Å². The normalized spacial score (nSPS) is 22.9. The van der Waals surface area contributed by atoms with Crippen LogP contribution in [0.3, 0.4) is 0 Å². The Balaban J connectivity index is 1.93. The minimum atomic E-state index is -0.223. The van der Waals surface area contributed by atoms with Crippen molar-refractivity contribution in [3.05, 3.63) is 35.9 Å². The van der Waals surface area contributed by atoms with E-state index in [0.29, 0.717) is 19.1 Å². The van der Waals surface area contributed by atoms with Gasteiger partial charge >= 0.3 is 6.09 Å². The van der Waals surface area contributed by atoms with Crippen molar-refractivity contribution >= 4 is 6.09 Å². The van der Waals surface area contributed by atoms with Crippen molar-refractivity contribution < 1.29 is 9.53 Å². The predicted molar refractivity (Wildman–Crippen MR) is 79.2 cm³/mol. The monoisotopic (exact) mass is 276 g/mol. The summed E-state index contributed by atoms with van der Waals surface area (Å²) in [6.45, 7) is 5.27. The van der Waals surface area contributed by atoms with Gasteiger partial charge in [-0.2, -0.15) is 0 Å². The molecular formula is C16H24N2O2. The van der Waals surface area contributed by atoms with Gasteiger partial charge in [0.1, 0.15) is 6.61 Å². The van der Waals surface area contributed by atoms with E-state index in [-0.39, 0.29) is 18.2 Å². The molecule has 2 atom stereocenters. The lowest BCUT2D eigenvalue weighted by Gasteiger charge is -2.39. The average Bonchev–Trinajstić information content (AvgIpc) is 2.45. The third kappa shape index (κ3) is 3.73. The summed E-state index contributed by atoms with van der Waals surface area (Å²) < 4.78 is 5.43. The third-order valence-corrected chi connectivity index (χ3v) is 3.89. The summed E-state index contributed by atoms with van der Waals surface area (Å²) >= 11 is 0. The molecule has 1 aliphatic rings. The van der Waals surface area contributed by atoms with Gasteiger partial charge in [0.2, 0.25) is 0 Å². The molecule has 0 aliphatic carbocycles. The number of ether oxygens (including phenoxy) is 1. The van der Waals surface area contributed by atoms with Crippen LogP contribution in [-0.4, -0.2) is 29.6 Å². The fourth-order valence-corrected chi connectivity index (χ4v) is 2.69. The molecular weight excluding hydrogens is 252 g/mol. The highest BCUT2D eigenvalue weighted by molar-refractivity contribution is 5.68. The Morgan fingerprint density at radius 3 is 2.75 bits per heavy atom. The van der Waals surface area contributed by atoms with Gasteiger partial charge in [-0.05, 0) is 24.3 Å². The Bertz CT molecular complexity index is 433. The summed E-state index contributed by atoms with van der Waals surface area (Å²) in [6, 6.07) is 10.1. The van der Waals surface area contributed by atoms with Crippen LogP contribution in [0.4, 0.5) is 4.79 Å².